The maximum absolute atomic E-state index is 12.8. The van der Waals surface area contributed by atoms with E-state index in [1.165, 1.54) is 0 Å². The van der Waals surface area contributed by atoms with Crippen molar-refractivity contribution in [2.45, 2.75) is 19.9 Å². The number of nitrogens with zero attached hydrogens (tertiary/aromatic N) is 3. The van der Waals surface area contributed by atoms with Crippen LogP contribution >= 0.6 is 11.6 Å². The first-order valence-electron chi connectivity index (χ1n) is 7.41. The minimum atomic E-state index is 0.0322. The van der Waals surface area contributed by atoms with Gasteiger partial charge in [-0.05, 0) is 26.0 Å². The van der Waals surface area contributed by atoms with E-state index in [9.17, 15) is 4.79 Å². The average molecular weight is 319 g/mol. The van der Waals surface area contributed by atoms with Crippen LogP contribution in [-0.4, -0.2) is 46.3 Å². The lowest BCUT2D eigenvalue weighted by molar-refractivity contribution is 0.0655. The van der Waals surface area contributed by atoms with Gasteiger partial charge in [0, 0.05) is 25.7 Å². The van der Waals surface area contributed by atoms with Gasteiger partial charge in [-0.15, -0.1) is 0 Å². The van der Waals surface area contributed by atoms with Crippen LogP contribution in [0.15, 0.2) is 30.5 Å². The molecule has 2 aromatic rings. The van der Waals surface area contributed by atoms with Gasteiger partial charge in [0.25, 0.3) is 5.91 Å². The van der Waals surface area contributed by atoms with Crippen molar-refractivity contribution in [3.8, 4) is 5.69 Å². The molecule has 1 aromatic heterocycles. The second kappa shape index (κ2) is 6.10. The molecule has 1 fully saturated rings. The van der Waals surface area contributed by atoms with Crippen LogP contribution in [-0.2, 0) is 0 Å². The summed E-state index contributed by atoms with van der Waals surface area (Å²) < 4.78 is 1.72. The third kappa shape index (κ3) is 2.62. The number of hydrogen-bond acceptors (Lipinski definition) is 3. The number of carbonyl (C=O) groups is 1. The Morgan fingerprint density at radius 2 is 2.18 bits per heavy atom. The van der Waals surface area contributed by atoms with E-state index in [0.717, 1.165) is 31.0 Å². The lowest BCUT2D eigenvalue weighted by atomic mass is 10.1. The molecule has 1 N–H and O–H groups in total. The molecule has 3 rings (SSSR count). The molecule has 1 aromatic carbocycles. The number of carbonyl (C=O) groups excluding carboxylic acids is 1. The van der Waals surface area contributed by atoms with Crippen LogP contribution in [0.25, 0.3) is 5.69 Å². The molecule has 5 nitrogen and oxygen atoms in total. The Morgan fingerprint density at radius 1 is 1.41 bits per heavy atom. The molecular formula is C16H19ClN4O. The molecule has 6 heteroatoms. The second-order valence-electron chi connectivity index (χ2n) is 5.56. The standard InChI is InChI=1S/C16H19ClN4O/c1-11-9-18-7-8-20(11)16(22)13-10-19-21(12(13)2)15-6-4-3-5-14(15)17/h3-6,10-11,18H,7-9H2,1-2H3/t11-/m0/s1. The average Bonchev–Trinajstić information content (AvgIpc) is 2.89. The van der Waals surface area contributed by atoms with E-state index in [0.29, 0.717) is 10.6 Å². The van der Waals surface area contributed by atoms with Crippen molar-refractivity contribution >= 4 is 17.5 Å². The molecule has 116 valence electrons. The summed E-state index contributed by atoms with van der Waals surface area (Å²) in [5.74, 6) is 0.0322. The normalized spacial score (nSPS) is 18.5. The quantitative estimate of drug-likeness (QED) is 0.924. The Balaban J connectivity index is 1.94. The van der Waals surface area contributed by atoms with Crippen molar-refractivity contribution in [1.29, 1.82) is 0 Å². The summed E-state index contributed by atoms with van der Waals surface area (Å²) in [5, 5.41) is 8.26. The van der Waals surface area contributed by atoms with Gasteiger partial charge in [-0.3, -0.25) is 4.79 Å². The first-order valence-corrected chi connectivity index (χ1v) is 7.78. The molecule has 0 saturated carbocycles. The summed E-state index contributed by atoms with van der Waals surface area (Å²) in [4.78, 5) is 14.7. The number of benzene rings is 1. The number of para-hydroxylation sites is 1. The fraction of sp³-hybridized carbons (Fsp3) is 0.375. The van der Waals surface area contributed by atoms with Gasteiger partial charge in [0.2, 0.25) is 0 Å². The number of halogens is 1. The van der Waals surface area contributed by atoms with Crippen LogP contribution < -0.4 is 5.32 Å². The Labute approximate surface area is 134 Å². The van der Waals surface area contributed by atoms with Gasteiger partial charge in [0.05, 0.1) is 28.2 Å². The van der Waals surface area contributed by atoms with Crippen molar-refractivity contribution in [2.75, 3.05) is 19.6 Å². The second-order valence-corrected chi connectivity index (χ2v) is 5.97. The van der Waals surface area contributed by atoms with Crippen LogP contribution in [0.3, 0.4) is 0 Å². The number of piperazine rings is 1. The first-order chi connectivity index (χ1) is 10.6. The van der Waals surface area contributed by atoms with E-state index in [1.54, 1.807) is 10.9 Å². The van der Waals surface area contributed by atoms with Gasteiger partial charge < -0.3 is 10.2 Å². The minimum absolute atomic E-state index is 0.0322. The highest BCUT2D eigenvalue weighted by Gasteiger charge is 2.27. The zero-order valence-corrected chi connectivity index (χ0v) is 13.5. The molecule has 0 radical (unpaired) electrons. The number of rotatable bonds is 2. The largest absolute Gasteiger partial charge is 0.333 e. The molecule has 1 aliphatic rings. The van der Waals surface area contributed by atoms with Crippen LogP contribution in [0, 0.1) is 6.92 Å². The SMILES string of the molecule is Cc1c(C(=O)N2CCNC[C@@H]2C)cnn1-c1ccccc1Cl. The summed E-state index contributed by atoms with van der Waals surface area (Å²) in [6.07, 6.45) is 1.63. The predicted octanol–water partition coefficient (Wildman–Crippen LogP) is 2.27. The van der Waals surface area contributed by atoms with Crippen molar-refractivity contribution in [1.82, 2.24) is 20.0 Å². The third-order valence-electron chi connectivity index (χ3n) is 4.08. The van der Waals surface area contributed by atoms with E-state index in [4.69, 9.17) is 11.6 Å². The zero-order chi connectivity index (χ0) is 15.7. The highest BCUT2D eigenvalue weighted by Crippen LogP contribution is 2.23. The van der Waals surface area contributed by atoms with Gasteiger partial charge in [-0.25, -0.2) is 4.68 Å². The van der Waals surface area contributed by atoms with Gasteiger partial charge in [0.1, 0.15) is 0 Å². The lowest BCUT2D eigenvalue weighted by Gasteiger charge is -2.33. The molecule has 0 bridgehead atoms. The maximum Gasteiger partial charge on any atom is 0.257 e. The van der Waals surface area contributed by atoms with Gasteiger partial charge >= 0.3 is 0 Å². The minimum Gasteiger partial charge on any atom is -0.333 e. The summed E-state index contributed by atoms with van der Waals surface area (Å²) in [7, 11) is 0. The summed E-state index contributed by atoms with van der Waals surface area (Å²) in [5.41, 5.74) is 2.23. The number of hydrogen-bond donors (Lipinski definition) is 1. The van der Waals surface area contributed by atoms with E-state index >= 15 is 0 Å². The van der Waals surface area contributed by atoms with Crippen molar-refractivity contribution in [3.05, 3.63) is 46.7 Å². The fourth-order valence-electron chi connectivity index (χ4n) is 2.78. The number of aromatic nitrogens is 2. The third-order valence-corrected chi connectivity index (χ3v) is 4.40. The Bertz CT molecular complexity index is 697. The molecule has 1 aliphatic heterocycles. The molecule has 22 heavy (non-hydrogen) atoms. The van der Waals surface area contributed by atoms with Gasteiger partial charge in [-0.1, -0.05) is 23.7 Å². The molecule has 1 amide bonds. The van der Waals surface area contributed by atoms with E-state index in [-0.39, 0.29) is 11.9 Å². The number of amides is 1. The highest BCUT2D eigenvalue weighted by molar-refractivity contribution is 6.32. The molecule has 1 atom stereocenters. The summed E-state index contributed by atoms with van der Waals surface area (Å²) in [6.45, 7) is 6.32. The van der Waals surface area contributed by atoms with Crippen LogP contribution in [0.2, 0.25) is 5.02 Å². The highest BCUT2D eigenvalue weighted by atomic mass is 35.5. The monoisotopic (exact) mass is 318 g/mol. The van der Waals surface area contributed by atoms with E-state index in [2.05, 4.69) is 17.3 Å². The van der Waals surface area contributed by atoms with E-state index < -0.39 is 0 Å². The zero-order valence-electron chi connectivity index (χ0n) is 12.7. The predicted molar refractivity (Wildman–Crippen MR) is 86.7 cm³/mol. The molecule has 0 spiro atoms. The molecule has 2 heterocycles. The lowest BCUT2D eigenvalue weighted by Crippen LogP contribution is -2.52. The Hall–Kier alpha value is -1.85. The Morgan fingerprint density at radius 3 is 2.91 bits per heavy atom. The Kier molecular flexibility index (Phi) is 4.18. The van der Waals surface area contributed by atoms with Crippen molar-refractivity contribution in [2.24, 2.45) is 0 Å². The van der Waals surface area contributed by atoms with Crippen LogP contribution in [0.5, 0.6) is 0 Å². The maximum atomic E-state index is 12.8. The van der Waals surface area contributed by atoms with Crippen molar-refractivity contribution < 1.29 is 4.79 Å². The van der Waals surface area contributed by atoms with Gasteiger partial charge in [-0.2, -0.15) is 5.10 Å². The van der Waals surface area contributed by atoms with E-state index in [1.807, 2.05) is 36.1 Å². The molecule has 0 aliphatic carbocycles. The smallest absolute Gasteiger partial charge is 0.257 e. The molecule has 0 unspecified atom stereocenters. The molecule has 1 saturated heterocycles. The van der Waals surface area contributed by atoms with Crippen LogP contribution in [0.1, 0.15) is 23.0 Å². The first kappa shape index (κ1) is 15.1. The fourth-order valence-corrected chi connectivity index (χ4v) is 3.00. The van der Waals surface area contributed by atoms with Gasteiger partial charge in [0.15, 0.2) is 0 Å². The molecular weight excluding hydrogens is 300 g/mol. The topological polar surface area (TPSA) is 50.2 Å². The van der Waals surface area contributed by atoms with Crippen molar-refractivity contribution in [3.63, 3.8) is 0 Å². The van der Waals surface area contributed by atoms with Crippen LogP contribution in [0.4, 0.5) is 0 Å². The number of nitrogens with one attached hydrogen (secondary N) is 1. The summed E-state index contributed by atoms with van der Waals surface area (Å²) >= 11 is 6.23. The summed E-state index contributed by atoms with van der Waals surface area (Å²) in [6, 6.07) is 7.67.